The summed E-state index contributed by atoms with van der Waals surface area (Å²) in [6, 6.07) is 4.68. The van der Waals surface area contributed by atoms with E-state index in [9.17, 15) is 0 Å². The molecule has 4 heteroatoms. The molecule has 88 valence electrons. The van der Waals surface area contributed by atoms with E-state index in [-0.39, 0.29) is 0 Å². The first kappa shape index (κ1) is 11.5. The predicted molar refractivity (Wildman–Crippen MR) is 65.1 cm³/mol. The smallest absolute Gasteiger partial charge is 0.0474 e. The summed E-state index contributed by atoms with van der Waals surface area (Å²) in [5.41, 5.74) is 6.92. The fourth-order valence-corrected chi connectivity index (χ4v) is 2.22. The zero-order valence-electron chi connectivity index (χ0n) is 9.60. The minimum Gasteiger partial charge on any atom is -0.330 e. The number of nitrogens with zero attached hydrogens (tertiary/aromatic N) is 2. The van der Waals surface area contributed by atoms with E-state index >= 15 is 0 Å². The minimum absolute atomic E-state index is 0.475. The lowest BCUT2D eigenvalue weighted by Crippen LogP contribution is -2.46. The number of nitrogens with one attached hydrogen (secondary N) is 1. The van der Waals surface area contributed by atoms with Gasteiger partial charge in [-0.3, -0.25) is 9.88 Å². The van der Waals surface area contributed by atoms with Gasteiger partial charge in [-0.15, -0.1) is 0 Å². The Morgan fingerprint density at radius 2 is 2.25 bits per heavy atom. The van der Waals surface area contributed by atoms with Crippen molar-refractivity contribution < 1.29 is 0 Å². The van der Waals surface area contributed by atoms with Crippen molar-refractivity contribution in [1.82, 2.24) is 15.2 Å². The number of hydrogen-bond acceptors (Lipinski definition) is 4. The number of piperazine rings is 1. The summed E-state index contributed by atoms with van der Waals surface area (Å²) in [4.78, 5) is 6.58. The highest BCUT2D eigenvalue weighted by molar-refractivity contribution is 5.16. The van der Waals surface area contributed by atoms with Crippen LogP contribution in [-0.2, 0) is 0 Å². The Morgan fingerprint density at radius 1 is 1.44 bits per heavy atom. The third-order valence-electron chi connectivity index (χ3n) is 3.09. The van der Waals surface area contributed by atoms with Gasteiger partial charge in [-0.25, -0.2) is 0 Å². The van der Waals surface area contributed by atoms with Crippen molar-refractivity contribution in [2.45, 2.75) is 12.5 Å². The molecule has 0 saturated carbocycles. The van der Waals surface area contributed by atoms with Gasteiger partial charge in [-0.05, 0) is 30.7 Å². The van der Waals surface area contributed by atoms with Crippen molar-refractivity contribution in [1.29, 1.82) is 0 Å². The van der Waals surface area contributed by atoms with Gasteiger partial charge in [0.15, 0.2) is 0 Å². The molecule has 2 heterocycles. The third kappa shape index (κ3) is 2.78. The molecule has 1 aliphatic rings. The molecule has 1 aromatic rings. The highest BCUT2D eigenvalue weighted by Gasteiger charge is 2.22. The maximum absolute atomic E-state index is 5.58. The SMILES string of the molecule is NCCCN1CCNCC1c1ccncc1. The van der Waals surface area contributed by atoms with Crippen LogP contribution in [0.5, 0.6) is 0 Å². The molecule has 1 atom stereocenters. The number of hydrogen-bond donors (Lipinski definition) is 2. The highest BCUT2D eigenvalue weighted by atomic mass is 15.2. The second kappa shape index (κ2) is 5.94. The Hall–Kier alpha value is -0.970. The molecule has 2 rings (SSSR count). The van der Waals surface area contributed by atoms with Crippen LogP contribution in [0.1, 0.15) is 18.0 Å². The molecule has 0 spiro atoms. The molecule has 0 amide bonds. The Bertz CT molecular complexity index is 301. The highest BCUT2D eigenvalue weighted by Crippen LogP contribution is 2.21. The Morgan fingerprint density at radius 3 is 3.00 bits per heavy atom. The van der Waals surface area contributed by atoms with E-state index < -0.39 is 0 Å². The van der Waals surface area contributed by atoms with E-state index in [1.807, 2.05) is 12.4 Å². The first-order valence-corrected chi connectivity index (χ1v) is 5.96. The molecule has 1 saturated heterocycles. The third-order valence-corrected chi connectivity index (χ3v) is 3.09. The summed E-state index contributed by atoms with van der Waals surface area (Å²) in [6.45, 7) is 5.06. The van der Waals surface area contributed by atoms with E-state index in [1.54, 1.807) is 0 Å². The van der Waals surface area contributed by atoms with Gasteiger partial charge in [0.2, 0.25) is 0 Å². The van der Waals surface area contributed by atoms with Gasteiger partial charge < -0.3 is 11.1 Å². The molecule has 4 nitrogen and oxygen atoms in total. The second-order valence-corrected chi connectivity index (χ2v) is 4.18. The topological polar surface area (TPSA) is 54.2 Å². The van der Waals surface area contributed by atoms with Crippen LogP contribution in [0.2, 0.25) is 0 Å². The van der Waals surface area contributed by atoms with Crippen LogP contribution >= 0.6 is 0 Å². The largest absolute Gasteiger partial charge is 0.330 e. The van der Waals surface area contributed by atoms with Gasteiger partial charge in [-0.1, -0.05) is 0 Å². The number of rotatable bonds is 4. The van der Waals surface area contributed by atoms with Gasteiger partial charge in [0.25, 0.3) is 0 Å². The predicted octanol–water partition coefficient (Wildman–Crippen LogP) is 0.377. The molecular formula is C12H20N4. The lowest BCUT2D eigenvalue weighted by atomic mass is 10.0. The summed E-state index contributed by atoms with van der Waals surface area (Å²) in [6.07, 6.45) is 4.80. The van der Waals surface area contributed by atoms with Crippen molar-refractivity contribution in [2.75, 3.05) is 32.7 Å². The van der Waals surface area contributed by atoms with Crippen LogP contribution in [0.15, 0.2) is 24.5 Å². The van der Waals surface area contributed by atoms with Gasteiger partial charge in [0.1, 0.15) is 0 Å². The molecule has 3 N–H and O–H groups in total. The zero-order chi connectivity index (χ0) is 11.2. The Labute approximate surface area is 96.8 Å². The van der Waals surface area contributed by atoms with Crippen molar-refractivity contribution in [3.8, 4) is 0 Å². The molecule has 1 aliphatic heterocycles. The van der Waals surface area contributed by atoms with Gasteiger partial charge >= 0.3 is 0 Å². The average Bonchev–Trinajstić information content (AvgIpc) is 2.38. The summed E-state index contributed by atoms with van der Waals surface area (Å²) in [5, 5.41) is 3.45. The molecule has 0 aliphatic carbocycles. The average molecular weight is 220 g/mol. The van der Waals surface area contributed by atoms with Crippen LogP contribution in [-0.4, -0.2) is 42.6 Å². The maximum atomic E-state index is 5.58. The number of aromatic nitrogens is 1. The van der Waals surface area contributed by atoms with Crippen LogP contribution < -0.4 is 11.1 Å². The van der Waals surface area contributed by atoms with Crippen molar-refractivity contribution in [3.63, 3.8) is 0 Å². The second-order valence-electron chi connectivity index (χ2n) is 4.18. The summed E-state index contributed by atoms with van der Waals surface area (Å²) in [7, 11) is 0. The van der Waals surface area contributed by atoms with Gasteiger partial charge in [0, 0.05) is 44.6 Å². The van der Waals surface area contributed by atoms with E-state index in [4.69, 9.17) is 5.73 Å². The molecule has 0 bridgehead atoms. The molecular weight excluding hydrogens is 200 g/mol. The monoisotopic (exact) mass is 220 g/mol. The Balaban J connectivity index is 2.04. The van der Waals surface area contributed by atoms with E-state index in [1.165, 1.54) is 5.56 Å². The fraction of sp³-hybridized carbons (Fsp3) is 0.583. The molecule has 1 aromatic heterocycles. The summed E-state index contributed by atoms with van der Waals surface area (Å²) >= 11 is 0. The molecule has 0 aromatic carbocycles. The van der Waals surface area contributed by atoms with Gasteiger partial charge in [0.05, 0.1) is 0 Å². The fourth-order valence-electron chi connectivity index (χ4n) is 2.22. The van der Waals surface area contributed by atoms with Crippen LogP contribution in [0, 0.1) is 0 Å². The molecule has 1 unspecified atom stereocenters. The normalized spacial score (nSPS) is 22.2. The van der Waals surface area contributed by atoms with Crippen LogP contribution in [0.25, 0.3) is 0 Å². The van der Waals surface area contributed by atoms with Crippen molar-refractivity contribution in [2.24, 2.45) is 5.73 Å². The lowest BCUT2D eigenvalue weighted by Gasteiger charge is -2.36. The van der Waals surface area contributed by atoms with Gasteiger partial charge in [-0.2, -0.15) is 0 Å². The molecule has 0 radical (unpaired) electrons. The van der Waals surface area contributed by atoms with Crippen LogP contribution in [0.3, 0.4) is 0 Å². The number of pyridine rings is 1. The van der Waals surface area contributed by atoms with E-state index in [0.717, 1.165) is 39.1 Å². The quantitative estimate of drug-likeness (QED) is 0.770. The minimum atomic E-state index is 0.475. The van der Waals surface area contributed by atoms with Crippen LogP contribution in [0.4, 0.5) is 0 Å². The first-order valence-electron chi connectivity index (χ1n) is 5.96. The van der Waals surface area contributed by atoms with E-state index in [0.29, 0.717) is 6.04 Å². The summed E-state index contributed by atoms with van der Waals surface area (Å²) < 4.78 is 0. The first-order chi connectivity index (χ1) is 7.92. The van der Waals surface area contributed by atoms with E-state index in [2.05, 4.69) is 27.3 Å². The van der Waals surface area contributed by atoms with Crippen molar-refractivity contribution >= 4 is 0 Å². The maximum Gasteiger partial charge on any atom is 0.0474 e. The Kier molecular flexibility index (Phi) is 4.27. The standard InChI is InChI=1S/C12H20N4/c13-4-1-8-16-9-7-15-10-12(16)11-2-5-14-6-3-11/h2-3,5-6,12,15H,1,4,7-10,13H2. The lowest BCUT2D eigenvalue weighted by molar-refractivity contribution is 0.161. The number of nitrogens with two attached hydrogens (primary N) is 1. The molecule has 1 fully saturated rings. The molecule has 16 heavy (non-hydrogen) atoms. The summed E-state index contributed by atoms with van der Waals surface area (Å²) in [5.74, 6) is 0. The zero-order valence-corrected chi connectivity index (χ0v) is 9.60. The van der Waals surface area contributed by atoms with Crippen molar-refractivity contribution in [3.05, 3.63) is 30.1 Å².